The van der Waals surface area contributed by atoms with Crippen LogP contribution in [0.3, 0.4) is 0 Å². The first kappa shape index (κ1) is 25.4. The van der Waals surface area contributed by atoms with Gasteiger partial charge in [0.2, 0.25) is 10.0 Å². The predicted octanol–water partition coefficient (Wildman–Crippen LogP) is 4.24. The van der Waals surface area contributed by atoms with Gasteiger partial charge in [0.05, 0.1) is 19.5 Å². The van der Waals surface area contributed by atoms with Crippen molar-refractivity contribution in [2.45, 2.75) is 44.0 Å². The zero-order valence-electron chi connectivity index (χ0n) is 18.6. The van der Waals surface area contributed by atoms with Gasteiger partial charge in [0.1, 0.15) is 11.5 Å². The van der Waals surface area contributed by atoms with E-state index < -0.39 is 21.2 Å². The molecule has 7 nitrogen and oxygen atoms in total. The number of hydrogen-bond acceptors (Lipinski definition) is 5. The van der Waals surface area contributed by atoms with Crippen LogP contribution in [-0.4, -0.2) is 43.3 Å². The summed E-state index contributed by atoms with van der Waals surface area (Å²) in [6, 6.07) is 14.4. The van der Waals surface area contributed by atoms with Crippen molar-refractivity contribution in [2.24, 2.45) is 0 Å². The van der Waals surface area contributed by atoms with Crippen molar-refractivity contribution in [3.8, 4) is 11.5 Å². The number of nitrogens with zero attached hydrogens (tertiary/aromatic N) is 1. The Morgan fingerprint density at radius 3 is 1.81 bits per heavy atom. The van der Waals surface area contributed by atoms with E-state index in [1.165, 1.54) is 4.31 Å². The molecule has 0 unspecified atom stereocenters. The Bertz CT molecular complexity index is 921. The molecule has 0 saturated carbocycles. The van der Waals surface area contributed by atoms with Gasteiger partial charge in [0.15, 0.2) is 0 Å². The minimum atomic E-state index is -3.80. The fourth-order valence-electron chi connectivity index (χ4n) is 3.35. The van der Waals surface area contributed by atoms with Gasteiger partial charge in [0.25, 0.3) is 0 Å². The molecule has 0 amide bonds. The van der Waals surface area contributed by atoms with Crippen LogP contribution < -0.4 is 9.47 Å². The molecule has 2 aromatic rings. The molecule has 0 aliphatic heterocycles. The summed E-state index contributed by atoms with van der Waals surface area (Å²) >= 11 is 0. The van der Waals surface area contributed by atoms with Gasteiger partial charge in [-0.1, -0.05) is 30.3 Å². The average Bonchev–Trinajstić information content (AvgIpc) is 2.79. The molecule has 174 valence electrons. The van der Waals surface area contributed by atoms with E-state index in [9.17, 15) is 13.2 Å². The van der Waals surface area contributed by atoms with Crippen LogP contribution in [0.15, 0.2) is 61.2 Å². The molecule has 0 radical (unpaired) electrons. The van der Waals surface area contributed by atoms with E-state index in [1.807, 2.05) is 24.3 Å². The van der Waals surface area contributed by atoms with E-state index in [4.69, 9.17) is 14.6 Å². The molecular weight excluding hydrogens is 430 g/mol. The highest BCUT2D eigenvalue weighted by atomic mass is 32.2. The fraction of sp³-hybridized carbons (Fsp3) is 0.375. The standard InChI is InChI=1S/C24H31NO6S/c1-4-5-6-23(15-16-24(26)27)32(28,29)25(17-19-7-11-21(30-2)12-8-19)18-20-9-13-22(31-3)14-10-20/h4,7-14,23H,1,5-6,15-18H2,2-3H3,(H,26,27)/t23-/m0/s1. The van der Waals surface area contributed by atoms with Gasteiger partial charge < -0.3 is 14.6 Å². The molecule has 0 aliphatic carbocycles. The van der Waals surface area contributed by atoms with Crippen molar-refractivity contribution in [1.82, 2.24) is 4.31 Å². The summed E-state index contributed by atoms with van der Waals surface area (Å²) in [6.45, 7) is 4.00. The van der Waals surface area contributed by atoms with Gasteiger partial charge in [-0.25, -0.2) is 8.42 Å². The first-order chi connectivity index (χ1) is 15.3. The molecule has 2 rings (SSSR count). The molecule has 0 spiro atoms. The molecule has 0 fully saturated rings. The number of hydrogen-bond donors (Lipinski definition) is 1. The maximum Gasteiger partial charge on any atom is 0.303 e. The lowest BCUT2D eigenvalue weighted by atomic mass is 10.1. The molecule has 0 aromatic heterocycles. The normalized spacial score (nSPS) is 12.3. The van der Waals surface area contributed by atoms with Gasteiger partial charge in [-0.05, 0) is 54.7 Å². The number of carbonyl (C=O) groups is 1. The van der Waals surface area contributed by atoms with Crippen LogP contribution in [0, 0.1) is 0 Å². The Balaban J connectivity index is 2.36. The SMILES string of the molecule is C=CCC[C@@H](CCC(=O)O)S(=O)(=O)N(Cc1ccc(OC)cc1)Cc1ccc(OC)cc1. The number of methoxy groups -OCH3 is 2. The molecular formula is C24H31NO6S. The Morgan fingerprint density at radius 2 is 1.44 bits per heavy atom. The second-order valence-electron chi connectivity index (χ2n) is 7.43. The minimum Gasteiger partial charge on any atom is -0.497 e. The summed E-state index contributed by atoms with van der Waals surface area (Å²) in [7, 11) is -0.656. The number of benzene rings is 2. The highest BCUT2D eigenvalue weighted by Crippen LogP contribution is 2.25. The number of aliphatic carboxylic acids is 1. The summed E-state index contributed by atoms with van der Waals surface area (Å²) in [5.74, 6) is 0.355. The first-order valence-electron chi connectivity index (χ1n) is 10.4. The molecule has 0 heterocycles. The number of ether oxygens (including phenoxy) is 2. The summed E-state index contributed by atoms with van der Waals surface area (Å²) in [6.07, 6.45) is 2.30. The third-order valence-corrected chi connectivity index (χ3v) is 7.48. The van der Waals surface area contributed by atoms with Crippen molar-refractivity contribution in [3.05, 3.63) is 72.3 Å². The highest BCUT2D eigenvalue weighted by Gasteiger charge is 2.32. The van der Waals surface area contributed by atoms with Crippen LogP contribution >= 0.6 is 0 Å². The van der Waals surface area contributed by atoms with E-state index in [-0.39, 0.29) is 25.9 Å². The third-order valence-electron chi connectivity index (χ3n) is 5.19. The molecule has 2 aromatic carbocycles. The smallest absolute Gasteiger partial charge is 0.303 e. The lowest BCUT2D eigenvalue weighted by Gasteiger charge is -2.28. The molecule has 8 heteroatoms. The van der Waals surface area contributed by atoms with Gasteiger partial charge in [-0.2, -0.15) is 4.31 Å². The zero-order valence-corrected chi connectivity index (χ0v) is 19.4. The van der Waals surface area contributed by atoms with Crippen molar-refractivity contribution in [1.29, 1.82) is 0 Å². The van der Waals surface area contributed by atoms with Crippen LogP contribution in [0.2, 0.25) is 0 Å². The van der Waals surface area contributed by atoms with Crippen molar-refractivity contribution >= 4 is 16.0 Å². The van der Waals surface area contributed by atoms with Gasteiger partial charge in [0, 0.05) is 19.5 Å². The topological polar surface area (TPSA) is 93.1 Å². The Hall–Kier alpha value is -2.84. The largest absolute Gasteiger partial charge is 0.497 e. The van der Waals surface area contributed by atoms with Crippen LogP contribution in [0.1, 0.15) is 36.8 Å². The molecule has 0 bridgehead atoms. The van der Waals surface area contributed by atoms with E-state index in [0.29, 0.717) is 24.3 Å². The van der Waals surface area contributed by atoms with Crippen molar-refractivity contribution < 1.29 is 27.8 Å². The Labute approximate surface area is 190 Å². The molecule has 1 N–H and O–H groups in total. The van der Waals surface area contributed by atoms with Crippen LogP contribution in [-0.2, 0) is 27.9 Å². The van der Waals surface area contributed by atoms with Gasteiger partial charge in [-0.15, -0.1) is 6.58 Å². The molecule has 32 heavy (non-hydrogen) atoms. The van der Waals surface area contributed by atoms with Crippen molar-refractivity contribution in [3.63, 3.8) is 0 Å². The van der Waals surface area contributed by atoms with Crippen LogP contribution in [0.5, 0.6) is 11.5 Å². The summed E-state index contributed by atoms with van der Waals surface area (Å²) in [5.41, 5.74) is 1.62. The monoisotopic (exact) mass is 461 g/mol. The van der Waals surface area contributed by atoms with E-state index in [1.54, 1.807) is 44.6 Å². The lowest BCUT2D eigenvalue weighted by Crippen LogP contribution is -2.38. The predicted molar refractivity (Wildman–Crippen MR) is 124 cm³/mol. The quantitative estimate of drug-likeness (QED) is 0.423. The fourth-order valence-corrected chi connectivity index (χ4v) is 5.28. The van der Waals surface area contributed by atoms with Crippen molar-refractivity contribution in [2.75, 3.05) is 14.2 Å². The highest BCUT2D eigenvalue weighted by molar-refractivity contribution is 7.89. The summed E-state index contributed by atoms with van der Waals surface area (Å²) in [5, 5.41) is 8.30. The summed E-state index contributed by atoms with van der Waals surface area (Å²) in [4.78, 5) is 11.1. The number of sulfonamides is 1. The Morgan fingerprint density at radius 1 is 0.969 bits per heavy atom. The zero-order chi connectivity index (χ0) is 23.6. The number of carboxylic acids is 1. The number of carboxylic acid groups (broad SMARTS) is 1. The van der Waals surface area contributed by atoms with Crippen LogP contribution in [0.4, 0.5) is 0 Å². The second-order valence-corrected chi connectivity index (χ2v) is 9.64. The minimum absolute atomic E-state index is 0.0488. The molecule has 0 saturated heterocycles. The van der Waals surface area contributed by atoms with Gasteiger partial charge >= 0.3 is 5.97 Å². The third kappa shape index (κ3) is 7.39. The number of rotatable bonds is 14. The lowest BCUT2D eigenvalue weighted by molar-refractivity contribution is -0.137. The number of allylic oxidation sites excluding steroid dienone is 1. The van der Waals surface area contributed by atoms with E-state index >= 15 is 0 Å². The van der Waals surface area contributed by atoms with E-state index in [2.05, 4.69) is 6.58 Å². The first-order valence-corrected chi connectivity index (χ1v) is 11.9. The Kier molecular flexibility index (Phi) is 9.74. The maximum absolute atomic E-state index is 13.7. The molecule has 0 aliphatic rings. The van der Waals surface area contributed by atoms with E-state index in [0.717, 1.165) is 11.1 Å². The maximum atomic E-state index is 13.7. The average molecular weight is 462 g/mol. The summed E-state index contributed by atoms with van der Waals surface area (Å²) < 4.78 is 39.1. The van der Waals surface area contributed by atoms with Crippen LogP contribution in [0.25, 0.3) is 0 Å². The molecule has 1 atom stereocenters. The second kappa shape index (κ2) is 12.3. The van der Waals surface area contributed by atoms with Gasteiger partial charge in [-0.3, -0.25) is 4.79 Å².